The Morgan fingerprint density at radius 3 is 2.62 bits per heavy atom. The van der Waals surface area contributed by atoms with E-state index in [1.54, 1.807) is 28.8 Å². The Bertz CT molecular complexity index is 1710. The van der Waals surface area contributed by atoms with Gasteiger partial charge < -0.3 is 4.98 Å². The van der Waals surface area contributed by atoms with Crippen LogP contribution in [-0.2, 0) is 16.6 Å². The van der Waals surface area contributed by atoms with Crippen molar-refractivity contribution in [1.29, 1.82) is 0 Å². The van der Waals surface area contributed by atoms with Crippen LogP contribution < -0.4 is 4.31 Å². The maximum absolute atomic E-state index is 13.6. The minimum atomic E-state index is -3.68. The maximum Gasteiger partial charge on any atom is 0.274 e. The molecule has 40 heavy (non-hydrogen) atoms. The van der Waals surface area contributed by atoms with Crippen LogP contribution in [0.5, 0.6) is 0 Å². The van der Waals surface area contributed by atoms with Crippen molar-refractivity contribution in [3.05, 3.63) is 82.4 Å². The Morgan fingerprint density at radius 2 is 1.90 bits per heavy atom. The van der Waals surface area contributed by atoms with Crippen molar-refractivity contribution in [2.24, 2.45) is 0 Å². The highest BCUT2D eigenvalue weighted by Gasteiger charge is 2.30. The molecule has 10 heteroatoms. The molecule has 1 N–H and O–H groups in total. The minimum Gasteiger partial charge on any atom is -0.351 e. The quantitative estimate of drug-likeness (QED) is 0.209. The average molecular weight is 592 g/mol. The number of hydrogen-bond acceptors (Lipinski definition) is 7. The van der Waals surface area contributed by atoms with E-state index in [0.717, 1.165) is 59.8 Å². The van der Waals surface area contributed by atoms with E-state index >= 15 is 0 Å². The number of rotatable bonds is 8. The number of pyridine rings is 1. The average Bonchev–Trinajstić information content (AvgIpc) is 3.70. The summed E-state index contributed by atoms with van der Waals surface area (Å²) in [4.78, 5) is 16.7. The molecule has 0 amide bonds. The van der Waals surface area contributed by atoms with E-state index in [9.17, 15) is 8.42 Å². The number of thiazole rings is 1. The number of hydrogen-bond donors (Lipinski definition) is 1. The Labute approximate surface area is 243 Å². The van der Waals surface area contributed by atoms with Crippen molar-refractivity contribution >= 4 is 49.3 Å². The van der Waals surface area contributed by atoms with Crippen LogP contribution in [0.3, 0.4) is 0 Å². The molecular formula is C30H33N5O2S3. The number of H-pyrrole nitrogens is 1. The zero-order valence-electron chi connectivity index (χ0n) is 22.9. The minimum absolute atomic E-state index is 0.248. The fourth-order valence-electron chi connectivity index (χ4n) is 5.54. The van der Waals surface area contributed by atoms with Gasteiger partial charge in [0.05, 0.1) is 16.9 Å². The summed E-state index contributed by atoms with van der Waals surface area (Å²) in [6.45, 7) is 8.85. The SMILES string of the molecule is Cc1cccc(C2CCN(Cc3cnc(-c4cc5cccc(N(C(C)C)S(=O)(=O)c6cccs6)c5[nH]4)s3)CC2)n1. The van der Waals surface area contributed by atoms with Crippen molar-refractivity contribution < 1.29 is 8.42 Å². The van der Waals surface area contributed by atoms with Crippen molar-refractivity contribution in [3.63, 3.8) is 0 Å². The number of para-hydroxylation sites is 1. The molecule has 1 aromatic carbocycles. The molecule has 5 aromatic rings. The molecule has 7 nitrogen and oxygen atoms in total. The molecule has 0 unspecified atom stereocenters. The van der Waals surface area contributed by atoms with E-state index in [1.165, 1.54) is 26.2 Å². The Balaban J connectivity index is 1.20. The molecule has 0 radical (unpaired) electrons. The Morgan fingerprint density at radius 1 is 1.10 bits per heavy atom. The topological polar surface area (TPSA) is 82.2 Å². The number of aromatic nitrogens is 3. The number of aryl methyl sites for hydroxylation is 1. The number of benzene rings is 1. The van der Waals surface area contributed by atoms with Crippen LogP contribution >= 0.6 is 22.7 Å². The normalized spacial score (nSPS) is 15.3. The maximum atomic E-state index is 13.6. The second-order valence-corrected chi connectivity index (χ2v) is 14.7. The fraction of sp³-hybridized carbons (Fsp3) is 0.333. The third-order valence-corrected chi connectivity index (χ3v) is 11.8. The Kier molecular flexibility index (Phi) is 7.52. The highest BCUT2D eigenvalue weighted by Crippen LogP contribution is 2.37. The first-order chi connectivity index (χ1) is 19.3. The van der Waals surface area contributed by atoms with E-state index in [4.69, 9.17) is 9.97 Å². The smallest absolute Gasteiger partial charge is 0.274 e. The summed E-state index contributed by atoms with van der Waals surface area (Å²) in [5.41, 5.74) is 4.66. The van der Waals surface area contributed by atoms with E-state index in [2.05, 4.69) is 41.1 Å². The first-order valence-corrected chi connectivity index (χ1v) is 16.7. The molecule has 6 rings (SSSR count). The van der Waals surface area contributed by atoms with Gasteiger partial charge in [0.25, 0.3) is 10.0 Å². The summed E-state index contributed by atoms with van der Waals surface area (Å²) in [6.07, 6.45) is 4.21. The third-order valence-electron chi connectivity index (χ3n) is 7.43. The first-order valence-electron chi connectivity index (χ1n) is 13.6. The summed E-state index contributed by atoms with van der Waals surface area (Å²) in [6, 6.07) is 17.4. The van der Waals surface area contributed by atoms with Gasteiger partial charge in [0.15, 0.2) is 0 Å². The van der Waals surface area contributed by atoms with Gasteiger partial charge in [-0.05, 0) is 82.4 Å². The van der Waals surface area contributed by atoms with Gasteiger partial charge in [0.1, 0.15) is 9.22 Å². The molecule has 1 aliphatic rings. The zero-order valence-corrected chi connectivity index (χ0v) is 25.3. The van der Waals surface area contributed by atoms with Gasteiger partial charge in [-0.2, -0.15) is 0 Å². The molecule has 4 aromatic heterocycles. The molecule has 0 saturated carbocycles. The monoisotopic (exact) mass is 591 g/mol. The molecule has 1 aliphatic heterocycles. The molecule has 1 saturated heterocycles. The number of nitrogens with zero attached hydrogens (tertiary/aromatic N) is 4. The van der Waals surface area contributed by atoms with Crippen LogP contribution in [0, 0.1) is 6.92 Å². The second-order valence-electron chi connectivity index (χ2n) is 10.6. The Hall–Kier alpha value is -3.05. The predicted molar refractivity (Wildman–Crippen MR) is 165 cm³/mol. The van der Waals surface area contributed by atoms with Crippen LogP contribution in [0.4, 0.5) is 5.69 Å². The predicted octanol–water partition coefficient (Wildman–Crippen LogP) is 7.04. The van der Waals surface area contributed by atoms with Crippen LogP contribution in [0.2, 0.25) is 0 Å². The van der Waals surface area contributed by atoms with Crippen molar-refractivity contribution in [1.82, 2.24) is 19.9 Å². The van der Waals surface area contributed by atoms with Crippen molar-refractivity contribution in [3.8, 4) is 10.7 Å². The van der Waals surface area contributed by atoms with Gasteiger partial charge in [0.2, 0.25) is 0 Å². The summed E-state index contributed by atoms with van der Waals surface area (Å²) in [5, 5.41) is 3.67. The number of thiophene rings is 1. The molecule has 0 spiro atoms. The van der Waals surface area contributed by atoms with Crippen molar-refractivity contribution in [2.45, 2.75) is 56.3 Å². The molecule has 0 bridgehead atoms. The molecule has 0 aliphatic carbocycles. The molecule has 0 atom stereocenters. The lowest BCUT2D eigenvalue weighted by atomic mass is 9.93. The summed E-state index contributed by atoms with van der Waals surface area (Å²) in [7, 11) is -3.68. The van der Waals surface area contributed by atoms with Crippen LogP contribution in [-0.4, -0.2) is 47.4 Å². The molecule has 208 valence electrons. The lowest BCUT2D eigenvalue weighted by molar-refractivity contribution is 0.204. The number of nitrogens with one attached hydrogen (secondary N) is 1. The number of sulfonamides is 1. The van der Waals surface area contributed by atoms with Crippen molar-refractivity contribution in [2.75, 3.05) is 17.4 Å². The number of anilines is 1. The molecular weight excluding hydrogens is 559 g/mol. The van der Waals surface area contributed by atoms with Crippen LogP contribution in [0.1, 0.15) is 48.9 Å². The van der Waals surface area contributed by atoms with Gasteiger partial charge in [-0.15, -0.1) is 22.7 Å². The van der Waals surface area contributed by atoms with Crippen LogP contribution in [0.25, 0.3) is 21.6 Å². The first kappa shape index (κ1) is 27.1. The highest BCUT2D eigenvalue weighted by atomic mass is 32.2. The lowest BCUT2D eigenvalue weighted by Gasteiger charge is -2.31. The van der Waals surface area contributed by atoms with E-state index in [1.807, 2.05) is 38.2 Å². The summed E-state index contributed by atoms with van der Waals surface area (Å²) >= 11 is 2.93. The van der Waals surface area contributed by atoms with Gasteiger partial charge in [-0.3, -0.25) is 14.2 Å². The number of fused-ring (bicyclic) bond motifs is 1. The van der Waals surface area contributed by atoms with E-state index in [-0.39, 0.29) is 6.04 Å². The van der Waals surface area contributed by atoms with E-state index < -0.39 is 10.0 Å². The fourth-order valence-corrected chi connectivity index (χ4v) is 9.21. The molecule has 5 heterocycles. The summed E-state index contributed by atoms with van der Waals surface area (Å²) in [5.74, 6) is 0.530. The third kappa shape index (κ3) is 5.33. The largest absolute Gasteiger partial charge is 0.351 e. The summed E-state index contributed by atoms with van der Waals surface area (Å²) < 4.78 is 29.0. The lowest BCUT2D eigenvalue weighted by Crippen LogP contribution is -2.36. The number of likely N-dealkylation sites (tertiary alicyclic amines) is 1. The molecule has 1 fully saturated rings. The second kappa shape index (κ2) is 11.1. The van der Waals surface area contributed by atoms with E-state index in [0.29, 0.717) is 15.8 Å². The zero-order chi connectivity index (χ0) is 27.9. The van der Waals surface area contributed by atoms with Gasteiger partial charge >= 0.3 is 0 Å². The van der Waals surface area contributed by atoms with Gasteiger partial charge in [0, 0.05) is 46.4 Å². The standard InChI is InChI=1S/C30H33N5O2S3/c1-20(2)35(40(36,37)28-11-6-16-38-28)27-10-5-8-23-17-26(33-29(23)27)30-31-18-24(39-30)19-34-14-12-22(13-15-34)25-9-4-7-21(3)32-25/h4-11,16-18,20,22,33H,12-15,19H2,1-3H3. The number of aromatic amines is 1. The van der Waals surface area contributed by atoms with Gasteiger partial charge in [-0.1, -0.05) is 24.3 Å². The van der Waals surface area contributed by atoms with Gasteiger partial charge in [-0.25, -0.2) is 13.4 Å². The number of piperidine rings is 1. The van der Waals surface area contributed by atoms with Crippen LogP contribution in [0.15, 0.2) is 70.4 Å². The highest BCUT2D eigenvalue weighted by molar-refractivity contribution is 7.94.